The Morgan fingerprint density at radius 2 is 2.06 bits per heavy atom. The van der Waals surface area contributed by atoms with Crippen LogP contribution in [0.4, 0.5) is 4.79 Å². The molecule has 0 aliphatic rings. The molecule has 94 valence electrons. The topological polar surface area (TPSA) is 49.8 Å². The van der Waals surface area contributed by atoms with Crippen LogP contribution < -0.4 is 0 Å². The first-order valence-electron chi connectivity index (χ1n) is 5.77. The summed E-state index contributed by atoms with van der Waals surface area (Å²) in [4.78, 5) is 13.2. The van der Waals surface area contributed by atoms with Crippen molar-refractivity contribution in [1.29, 1.82) is 0 Å². The van der Waals surface area contributed by atoms with Gasteiger partial charge >= 0.3 is 6.09 Å². The molecule has 4 nitrogen and oxygen atoms in total. The minimum atomic E-state index is -0.391. The van der Waals surface area contributed by atoms with Crippen LogP contribution in [-0.4, -0.2) is 35.3 Å². The van der Waals surface area contributed by atoms with Crippen molar-refractivity contribution in [3.05, 3.63) is 35.9 Å². The second kappa shape index (κ2) is 6.91. The summed E-state index contributed by atoms with van der Waals surface area (Å²) in [5.74, 6) is 0. The van der Waals surface area contributed by atoms with Crippen LogP contribution in [0.25, 0.3) is 0 Å². The molecule has 0 heterocycles. The number of ether oxygens (including phenoxy) is 1. The van der Waals surface area contributed by atoms with E-state index < -0.39 is 6.09 Å². The van der Waals surface area contributed by atoms with Gasteiger partial charge in [-0.25, -0.2) is 4.79 Å². The van der Waals surface area contributed by atoms with Crippen molar-refractivity contribution in [2.45, 2.75) is 26.5 Å². The first-order chi connectivity index (χ1) is 8.19. The molecule has 1 amide bonds. The van der Waals surface area contributed by atoms with E-state index in [0.29, 0.717) is 6.54 Å². The van der Waals surface area contributed by atoms with E-state index in [0.717, 1.165) is 5.56 Å². The Morgan fingerprint density at radius 3 is 2.59 bits per heavy atom. The van der Waals surface area contributed by atoms with E-state index in [1.54, 1.807) is 6.92 Å². The zero-order valence-electron chi connectivity index (χ0n) is 10.3. The van der Waals surface area contributed by atoms with Gasteiger partial charge in [0.2, 0.25) is 0 Å². The second-order valence-corrected chi connectivity index (χ2v) is 3.86. The molecule has 17 heavy (non-hydrogen) atoms. The highest BCUT2D eigenvalue weighted by Gasteiger charge is 2.18. The van der Waals surface area contributed by atoms with Crippen molar-refractivity contribution in [3.63, 3.8) is 0 Å². The highest BCUT2D eigenvalue weighted by atomic mass is 16.6. The van der Waals surface area contributed by atoms with Gasteiger partial charge in [0.1, 0.15) is 6.61 Å². The van der Waals surface area contributed by atoms with Crippen LogP contribution in [0.15, 0.2) is 30.3 Å². The maximum atomic E-state index is 11.7. The lowest BCUT2D eigenvalue weighted by molar-refractivity contribution is 0.0713. The molecule has 0 aromatic heterocycles. The molecule has 0 radical (unpaired) electrons. The average molecular weight is 237 g/mol. The highest BCUT2D eigenvalue weighted by Crippen LogP contribution is 2.05. The molecule has 0 fully saturated rings. The summed E-state index contributed by atoms with van der Waals surface area (Å²) in [6.45, 7) is 4.36. The molecule has 0 aliphatic heterocycles. The molecule has 0 aliphatic carbocycles. The van der Waals surface area contributed by atoms with Gasteiger partial charge in [-0.05, 0) is 19.4 Å². The predicted octanol–water partition coefficient (Wildman–Crippen LogP) is 2.03. The average Bonchev–Trinajstić information content (AvgIpc) is 2.38. The number of aliphatic hydroxyl groups excluding tert-OH is 1. The van der Waals surface area contributed by atoms with Crippen molar-refractivity contribution >= 4 is 6.09 Å². The lowest BCUT2D eigenvalue weighted by atomic mass is 10.2. The third-order valence-electron chi connectivity index (χ3n) is 2.58. The number of hydrogen-bond acceptors (Lipinski definition) is 3. The second-order valence-electron chi connectivity index (χ2n) is 3.86. The lowest BCUT2D eigenvalue weighted by Gasteiger charge is -2.25. The van der Waals surface area contributed by atoms with E-state index in [-0.39, 0.29) is 19.3 Å². The largest absolute Gasteiger partial charge is 0.445 e. The van der Waals surface area contributed by atoms with Gasteiger partial charge in [-0.2, -0.15) is 0 Å². The number of carbonyl (C=O) groups excluding carboxylic acids is 1. The number of carbonyl (C=O) groups is 1. The Balaban J connectivity index is 2.48. The van der Waals surface area contributed by atoms with Crippen LogP contribution in [0.2, 0.25) is 0 Å². The molecule has 1 aromatic rings. The van der Waals surface area contributed by atoms with Gasteiger partial charge in [0, 0.05) is 6.54 Å². The van der Waals surface area contributed by atoms with Gasteiger partial charge < -0.3 is 14.7 Å². The van der Waals surface area contributed by atoms with Crippen LogP contribution in [-0.2, 0) is 11.3 Å². The van der Waals surface area contributed by atoms with Gasteiger partial charge in [-0.15, -0.1) is 0 Å². The minimum Gasteiger partial charge on any atom is -0.445 e. The van der Waals surface area contributed by atoms with Crippen LogP contribution in [0.5, 0.6) is 0 Å². The van der Waals surface area contributed by atoms with Gasteiger partial charge in [-0.3, -0.25) is 0 Å². The van der Waals surface area contributed by atoms with Crippen molar-refractivity contribution in [3.8, 4) is 0 Å². The fourth-order valence-electron chi connectivity index (χ4n) is 1.52. The Labute approximate surface area is 102 Å². The van der Waals surface area contributed by atoms with Crippen LogP contribution in [0.1, 0.15) is 19.4 Å². The number of aliphatic hydroxyl groups is 1. The number of hydrogen-bond donors (Lipinski definition) is 1. The Morgan fingerprint density at radius 1 is 1.41 bits per heavy atom. The van der Waals surface area contributed by atoms with Crippen LogP contribution in [0, 0.1) is 0 Å². The fourth-order valence-corrected chi connectivity index (χ4v) is 1.52. The number of rotatable bonds is 5. The summed E-state index contributed by atoms with van der Waals surface area (Å²) in [6, 6.07) is 9.30. The van der Waals surface area contributed by atoms with Crippen LogP contribution in [0.3, 0.4) is 0 Å². The minimum absolute atomic E-state index is 0.0612. The number of likely N-dealkylation sites (N-methyl/N-ethyl adjacent to an activating group) is 1. The molecule has 1 aromatic carbocycles. The maximum Gasteiger partial charge on any atom is 0.410 e. The first-order valence-corrected chi connectivity index (χ1v) is 5.77. The molecule has 1 N–H and O–H groups in total. The number of amides is 1. The molecule has 4 heteroatoms. The summed E-state index contributed by atoms with van der Waals surface area (Å²) < 4.78 is 5.18. The van der Waals surface area contributed by atoms with Gasteiger partial charge in [0.05, 0.1) is 12.6 Å². The summed E-state index contributed by atoms with van der Waals surface area (Å²) in [5.41, 5.74) is 0.952. The quantitative estimate of drug-likeness (QED) is 0.852. The molecule has 1 rings (SSSR count). The molecular weight excluding hydrogens is 218 g/mol. The SMILES string of the molecule is CCN(C(=O)OCc1ccccc1)[C@@H](C)CO. The highest BCUT2D eigenvalue weighted by molar-refractivity contribution is 5.68. The molecule has 0 bridgehead atoms. The van der Waals surface area contributed by atoms with Gasteiger partial charge in [-0.1, -0.05) is 30.3 Å². The van der Waals surface area contributed by atoms with Crippen molar-refractivity contribution < 1.29 is 14.6 Å². The fraction of sp³-hybridized carbons (Fsp3) is 0.462. The molecule has 0 saturated heterocycles. The smallest absolute Gasteiger partial charge is 0.410 e. The standard InChI is InChI=1S/C13H19NO3/c1-3-14(11(2)9-15)13(16)17-10-12-7-5-4-6-8-12/h4-8,11,15H,3,9-10H2,1-2H3/t11-/m0/s1. The summed E-state index contributed by atoms with van der Waals surface area (Å²) in [7, 11) is 0. The monoisotopic (exact) mass is 237 g/mol. The van der Waals surface area contributed by atoms with E-state index in [1.807, 2.05) is 37.3 Å². The van der Waals surface area contributed by atoms with E-state index in [9.17, 15) is 4.79 Å². The zero-order valence-corrected chi connectivity index (χ0v) is 10.3. The number of benzene rings is 1. The summed E-state index contributed by atoms with van der Waals surface area (Å²) >= 11 is 0. The van der Waals surface area contributed by atoms with E-state index >= 15 is 0 Å². The van der Waals surface area contributed by atoms with E-state index in [2.05, 4.69) is 0 Å². The van der Waals surface area contributed by atoms with Gasteiger partial charge in [0.25, 0.3) is 0 Å². The van der Waals surface area contributed by atoms with Crippen molar-refractivity contribution in [2.75, 3.05) is 13.2 Å². The third-order valence-corrected chi connectivity index (χ3v) is 2.58. The molecule has 0 saturated carbocycles. The molecule has 0 unspecified atom stereocenters. The summed E-state index contributed by atoms with van der Waals surface area (Å²) in [5, 5.41) is 9.02. The Bertz CT molecular complexity index is 340. The molecule has 0 spiro atoms. The number of nitrogens with zero attached hydrogens (tertiary/aromatic N) is 1. The van der Waals surface area contributed by atoms with Crippen molar-refractivity contribution in [2.24, 2.45) is 0 Å². The van der Waals surface area contributed by atoms with Crippen LogP contribution >= 0.6 is 0 Å². The zero-order chi connectivity index (χ0) is 12.7. The third kappa shape index (κ3) is 4.07. The lowest BCUT2D eigenvalue weighted by Crippen LogP contribution is -2.40. The van der Waals surface area contributed by atoms with E-state index in [4.69, 9.17) is 9.84 Å². The predicted molar refractivity (Wildman–Crippen MR) is 65.6 cm³/mol. The summed E-state index contributed by atoms with van der Waals surface area (Å²) in [6.07, 6.45) is -0.391. The Hall–Kier alpha value is -1.55. The first kappa shape index (κ1) is 13.5. The van der Waals surface area contributed by atoms with E-state index in [1.165, 1.54) is 4.90 Å². The molecular formula is C13H19NO3. The molecule has 1 atom stereocenters. The maximum absolute atomic E-state index is 11.7. The van der Waals surface area contributed by atoms with Crippen molar-refractivity contribution in [1.82, 2.24) is 4.90 Å². The Kier molecular flexibility index (Phi) is 5.49. The normalized spacial score (nSPS) is 11.9. The van der Waals surface area contributed by atoms with Gasteiger partial charge in [0.15, 0.2) is 0 Å².